The molecule has 0 atom stereocenters. The molecule has 1 aromatic carbocycles. The van der Waals surface area contributed by atoms with Crippen molar-refractivity contribution in [2.45, 2.75) is 45.6 Å². The minimum Gasteiger partial charge on any atom is -0.352 e. The quantitative estimate of drug-likeness (QED) is 0.828. The Kier molecular flexibility index (Phi) is 5.45. The summed E-state index contributed by atoms with van der Waals surface area (Å²) in [5, 5.41) is 11.3. The van der Waals surface area contributed by atoms with E-state index in [4.69, 9.17) is 0 Å². The third kappa shape index (κ3) is 3.93. The predicted octanol–water partition coefficient (Wildman–Crippen LogP) is 2.62. The predicted molar refractivity (Wildman–Crippen MR) is 95.2 cm³/mol. The molecular formula is C18H27N5O. The highest BCUT2D eigenvalue weighted by atomic mass is 16.1. The van der Waals surface area contributed by atoms with Gasteiger partial charge in [-0.05, 0) is 70.9 Å². The second kappa shape index (κ2) is 7.75. The minimum atomic E-state index is -0.0327. The van der Waals surface area contributed by atoms with Crippen LogP contribution in [0.4, 0.5) is 0 Å². The van der Waals surface area contributed by atoms with Crippen molar-refractivity contribution in [2.75, 3.05) is 26.2 Å². The zero-order valence-corrected chi connectivity index (χ0v) is 14.7. The van der Waals surface area contributed by atoms with E-state index in [9.17, 15) is 4.79 Å². The Hall–Kier alpha value is -1.95. The van der Waals surface area contributed by atoms with E-state index in [1.807, 2.05) is 22.9 Å². The third-order valence-electron chi connectivity index (χ3n) is 4.61. The van der Waals surface area contributed by atoms with Crippen molar-refractivity contribution in [1.82, 2.24) is 25.2 Å². The number of nitrogens with zero attached hydrogens (tertiary/aromatic N) is 4. The molecule has 130 valence electrons. The van der Waals surface area contributed by atoms with Crippen LogP contribution < -0.4 is 5.32 Å². The van der Waals surface area contributed by atoms with Gasteiger partial charge in [-0.1, -0.05) is 11.6 Å². The number of benzene rings is 1. The summed E-state index contributed by atoms with van der Waals surface area (Å²) in [6.45, 7) is 8.33. The second-order valence-corrected chi connectivity index (χ2v) is 6.84. The number of hydrogen-bond donors (Lipinski definition) is 1. The van der Waals surface area contributed by atoms with Crippen LogP contribution >= 0.6 is 0 Å². The van der Waals surface area contributed by atoms with Gasteiger partial charge in [0.2, 0.25) is 0 Å². The lowest BCUT2D eigenvalue weighted by atomic mass is 10.1. The summed E-state index contributed by atoms with van der Waals surface area (Å²) in [5.74, 6) is -0.0327. The van der Waals surface area contributed by atoms with Crippen LogP contribution in [0.2, 0.25) is 0 Å². The average Bonchev–Trinajstić information content (AvgIpc) is 3.03. The number of aromatic nitrogens is 3. The van der Waals surface area contributed by atoms with Crippen molar-refractivity contribution in [1.29, 1.82) is 0 Å². The molecule has 2 aromatic rings. The summed E-state index contributed by atoms with van der Waals surface area (Å²) in [4.78, 5) is 14.8. The Labute approximate surface area is 143 Å². The number of likely N-dealkylation sites (tertiary alicyclic amines) is 1. The first-order valence-electron chi connectivity index (χ1n) is 9.00. The van der Waals surface area contributed by atoms with Crippen LogP contribution in [0, 0.1) is 0 Å². The molecule has 1 aromatic heterocycles. The molecule has 3 rings (SSSR count). The van der Waals surface area contributed by atoms with Crippen LogP contribution in [0.5, 0.6) is 0 Å². The Bertz CT molecular complexity index is 688. The number of amides is 1. The van der Waals surface area contributed by atoms with E-state index in [0.717, 1.165) is 24.0 Å². The largest absolute Gasteiger partial charge is 0.352 e. The van der Waals surface area contributed by atoms with Crippen LogP contribution in [0.3, 0.4) is 0 Å². The van der Waals surface area contributed by atoms with Gasteiger partial charge in [-0.15, -0.1) is 5.10 Å². The molecule has 1 aliphatic heterocycles. The second-order valence-electron chi connectivity index (χ2n) is 6.84. The average molecular weight is 329 g/mol. The van der Waals surface area contributed by atoms with Gasteiger partial charge >= 0.3 is 0 Å². The van der Waals surface area contributed by atoms with E-state index in [-0.39, 0.29) is 11.9 Å². The van der Waals surface area contributed by atoms with Gasteiger partial charge in [0.05, 0.1) is 5.52 Å². The van der Waals surface area contributed by atoms with Crippen LogP contribution in [-0.4, -0.2) is 52.0 Å². The van der Waals surface area contributed by atoms with E-state index < -0.39 is 0 Å². The molecule has 1 fully saturated rings. The standard InChI is InChI=1S/C18H27N5O/c1-14(2)23-17-8-7-15(13-16(17)20-21-23)18(24)19-9-6-12-22-10-4-3-5-11-22/h7-8,13-14H,3-6,9-12H2,1-2H3,(H,19,24). The number of rotatable bonds is 6. The molecule has 0 aliphatic carbocycles. The van der Waals surface area contributed by atoms with Crippen molar-refractivity contribution in [3.05, 3.63) is 23.8 Å². The lowest BCUT2D eigenvalue weighted by molar-refractivity contribution is 0.0951. The van der Waals surface area contributed by atoms with E-state index in [0.29, 0.717) is 12.1 Å². The molecule has 6 heteroatoms. The maximum absolute atomic E-state index is 12.3. The van der Waals surface area contributed by atoms with E-state index in [2.05, 4.69) is 34.4 Å². The first kappa shape index (κ1) is 16.9. The fourth-order valence-corrected chi connectivity index (χ4v) is 3.25. The Morgan fingerprint density at radius 2 is 2.04 bits per heavy atom. The van der Waals surface area contributed by atoms with Crippen molar-refractivity contribution in [3.63, 3.8) is 0 Å². The molecule has 1 aliphatic rings. The summed E-state index contributed by atoms with van der Waals surface area (Å²) in [5.41, 5.74) is 2.38. The molecule has 0 spiro atoms. The molecule has 1 saturated heterocycles. The molecule has 0 radical (unpaired) electrons. The molecule has 0 unspecified atom stereocenters. The van der Waals surface area contributed by atoms with Gasteiger partial charge in [-0.25, -0.2) is 4.68 Å². The van der Waals surface area contributed by atoms with E-state index >= 15 is 0 Å². The van der Waals surface area contributed by atoms with Gasteiger partial charge in [-0.2, -0.15) is 0 Å². The highest BCUT2D eigenvalue weighted by Gasteiger charge is 2.12. The topological polar surface area (TPSA) is 63.1 Å². The molecular weight excluding hydrogens is 302 g/mol. The molecule has 0 bridgehead atoms. The molecule has 24 heavy (non-hydrogen) atoms. The van der Waals surface area contributed by atoms with Gasteiger partial charge in [0.15, 0.2) is 0 Å². The normalized spacial score (nSPS) is 16.0. The number of carbonyl (C=O) groups excluding carboxylic acids is 1. The highest BCUT2D eigenvalue weighted by molar-refractivity contribution is 5.97. The highest BCUT2D eigenvalue weighted by Crippen LogP contribution is 2.17. The lowest BCUT2D eigenvalue weighted by Gasteiger charge is -2.26. The van der Waals surface area contributed by atoms with Gasteiger partial charge in [0.1, 0.15) is 5.52 Å². The van der Waals surface area contributed by atoms with Gasteiger partial charge in [-0.3, -0.25) is 4.79 Å². The third-order valence-corrected chi connectivity index (χ3v) is 4.61. The van der Waals surface area contributed by atoms with Crippen LogP contribution in [-0.2, 0) is 0 Å². The molecule has 0 saturated carbocycles. The number of carbonyl (C=O) groups is 1. The van der Waals surface area contributed by atoms with Crippen LogP contribution in [0.1, 0.15) is 55.9 Å². The summed E-state index contributed by atoms with van der Waals surface area (Å²) in [6.07, 6.45) is 4.97. The summed E-state index contributed by atoms with van der Waals surface area (Å²) >= 11 is 0. The summed E-state index contributed by atoms with van der Waals surface area (Å²) in [7, 11) is 0. The Balaban J connectivity index is 1.52. The molecule has 2 heterocycles. The lowest BCUT2D eigenvalue weighted by Crippen LogP contribution is -2.33. The Morgan fingerprint density at radius 1 is 1.25 bits per heavy atom. The number of fused-ring (bicyclic) bond motifs is 1. The monoisotopic (exact) mass is 329 g/mol. The SMILES string of the molecule is CC(C)n1nnc2cc(C(=O)NCCCN3CCCCC3)ccc21. The number of hydrogen-bond acceptors (Lipinski definition) is 4. The Morgan fingerprint density at radius 3 is 2.79 bits per heavy atom. The van der Waals surface area contributed by atoms with Gasteiger partial charge in [0.25, 0.3) is 5.91 Å². The smallest absolute Gasteiger partial charge is 0.251 e. The maximum Gasteiger partial charge on any atom is 0.251 e. The fourth-order valence-electron chi connectivity index (χ4n) is 3.25. The zero-order chi connectivity index (χ0) is 16.9. The van der Waals surface area contributed by atoms with Gasteiger partial charge < -0.3 is 10.2 Å². The molecule has 1 N–H and O–H groups in total. The van der Waals surface area contributed by atoms with Crippen molar-refractivity contribution < 1.29 is 4.79 Å². The maximum atomic E-state index is 12.3. The van der Waals surface area contributed by atoms with Crippen molar-refractivity contribution in [2.24, 2.45) is 0 Å². The molecule has 6 nitrogen and oxygen atoms in total. The van der Waals surface area contributed by atoms with Crippen LogP contribution in [0.15, 0.2) is 18.2 Å². The van der Waals surface area contributed by atoms with E-state index in [1.165, 1.54) is 32.4 Å². The first-order chi connectivity index (χ1) is 11.6. The number of nitrogens with one attached hydrogen (secondary N) is 1. The van der Waals surface area contributed by atoms with Crippen molar-refractivity contribution in [3.8, 4) is 0 Å². The summed E-state index contributed by atoms with van der Waals surface area (Å²) in [6, 6.07) is 5.86. The fraction of sp³-hybridized carbons (Fsp3) is 0.611. The van der Waals surface area contributed by atoms with Crippen molar-refractivity contribution >= 4 is 16.9 Å². The zero-order valence-electron chi connectivity index (χ0n) is 14.7. The molecule has 1 amide bonds. The van der Waals surface area contributed by atoms with E-state index in [1.54, 1.807) is 0 Å². The minimum absolute atomic E-state index is 0.0327. The first-order valence-corrected chi connectivity index (χ1v) is 9.00. The van der Waals surface area contributed by atoms with Gasteiger partial charge in [0, 0.05) is 18.2 Å². The number of piperidine rings is 1. The summed E-state index contributed by atoms with van der Waals surface area (Å²) < 4.78 is 1.87. The van der Waals surface area contributed by atoms with Crippen LogP contribution in [0.25, 0.3) is 11.0 Å².